The highest BCUT2D eigenvalue weighted by molar-refractivity contribution is 5.95. The molecule has 0 atom stereocenters. The van der Waals surface area contributed by atoms with E-state index in [1.54, 1.807) is 18.2 Å². The van der Waals surface area contributed by atoms with Crippen LogP contribution in [-0.2, 0) is 6.54 Å². The summed E-state index contributed by atoms with van der Waals surface area (Å²) >= 11 is 0. The van der Waals surface area contributed by atoms with E-state index in [9.17, 15) is 28.3 Å². The summed E-state index contributed by atoms with van der Waals surface area (Å²) in [6.45, 7) is 4.35. The number of carbonyl (C=O) groups is 1. The maximum Gasteiger partial charge on any atom is 0.337 e. The van der Waals surface area contributed by atoms with Crippen LogP contribution in [0.2, 0.25) is 0 Å². The van der Waals surface area contributed by atoms with Crippen molar-refractivity contribution in [3.63, 3.8) is 0 Å². The molecule has 0 unspecified atom stereocenters. The first kappa shape index (κ1) is 34.6. The Morgan fingerprint density at radius 3 is 2.49 bits per heavy atom. The number of carbonyl (C=O) groups excluding carboxylic acids is 1. The molecule has 11 nitrogen and oxygen atoms in total. The van der Waals surface area contributed by atoms with Gasteiger partial charge in [-0.2, -0.15) is 0 Å². The lowest BCUT2D eigenvalue weighted by Gasteiger charge is -2.32. The van der Waals surface area contributed by atoms with Crippen molar-refractivity contribution in [1.82, 2.24) is 33.3 Å². The lowest BCUT2D eigenvalue weighted by atomic mass is 9.82. The average Bonchev–Trinajstić information content (AvgIpc) is 3.57. The number of aromatic hydroxyl groups is 1. The third kappa shape index (κ3) is 6.89. The maximum atomic E-state index is 14.6. The van der Waals surface area contributed by atoms with Gasteiger partial charge in [0.25, 0.3) is 5.56 Å². The van der Waals surface area contributed by atoms with Crippen LogP contribution in [0, 0.1) is 17.6 Å². The highest BCUT2D eigenvalue weighted by atomic mass is 19.1. The lowest BCUT2D eigenvalue weighted by Crippen LogP contribution is -2.43. The standard InChI is InChI=1S/C40H39F2N7O4/c1-45-13-15-46(16-14-45)22-27-19-32(50)10-11-33(27)26-3-2-4-31(18-26)48-38-34(20-29(42)21-43-38)39(52)49(40(48)53)30-8-5-25(6-9-30)17-36(51)35-24-47-23-28(41)7-12-37(47)44-35/h2-4,7,10-12,18-21,23-25,30,50H,5-6,8-9,13-17,22H2,1H3. The molecule has 2 fully saturated rings. The van der Waals surface area contributed by atoms with E-state index in [0.29, 0.717) is 43.6 Å². The number of benzene rings is 2. The minimum atomic E-state index is -0.686. The van der Waals surface area contributed by atoms with Crippen molar-refractivity contribution in [1.29, 1.82) is 0 Å². The monoisotopic (exact) mass is 719 g/mol. The topological polar surface area (TPSA) is 118 Å². The molecule has 5 heterocycles. The molecule has 1 aliphatic carbocycles. The average molecular weight is 720 g/mol. The Kier molecular flexibility index (Phi) is 9.21. The van der Waals surface area contributed by atoms with Gasteiger partial charge in [0.1, 0.15) is 28.7 Å². The van der Waals surface area contributed by atoms with E-state index in [1.807, 2.05) is 24.3 Å². The number of Topliss-reactive ketones (excluding diaryl/α,β-unsaturated/α-hetero) is 1. The molecular weight excluding hydrogens is 680 g/mol. The van der Waals surface area contributed by atoms with Gasteiger partial charge in [-0.1, -0.05) is 18.2 Å². The smallest absolute Gasteiger partial charge is 0.337 e. The van der Waals surface area contributed by atoms with E-state index >= 15 is 0 Å². The van der Waals surface area contributed by atoms with E-state index in [2.05, 4.69) is 26.8 Å². The number of aromatic nitrogens is 5. The number of piperazine rings is 1. The zero-order chi connectivity index (χ0) is 36.8. The molecule has 2 aromatic carbocycles. The van der Waals surface area contributed by atoms with Crippen LogP contribution in [0.4, 0.5) is 8.78 Å². The second kappa shape index (κ2) is 14.1. The van der Waals surface area contributed by atoms with Gasteiger partial charge in [0.15, 0.2) is 11.4 Å². The molecule has 1 N–H and O–H groups in total. The fourth-order valence-electron chi connectivity index (χ4n) is 7.86. The highest BCUT2D eigenvalue weighted by Gasteiger charge is 2.29. The quantitative estimate of drug-likeness (QED) is 0.202. The molecule has 4 aromatic heterocycles. The number of halogens is 2. The third-order valence-corrected chi connectivity index (χ3v) is 10.7. The van der Waals surface area contributed by atoms with Crippen molar-refractivity contribution in [3.05, 3.63) is 123 Å². The van der Waals surface area contributed by atoms with E-state index in [1.165, 1.54) is 38.1 Å². The van der Waals surface area contributed by atoms with Crippen LogP contribution in [0.25, 0.3) is 33.5 Å². The fraction of sp³-hybridized carbons (Fsp3) is 0.325. The molecule has 8 rings (SSSR count). The molecule has 0 amide bonds. The molecule has 0 spiro atoms. The van der Waals surface area contributed by atoms with E-state index in [0.717, 1.165) is 55.1 Å². The van der Waals surface area contributed by atoms with Gasteiger partial charge in [-0.15, -0.1) is 0 Å². The zero-order valence-corrected chi connectivity index (χ0v) is 29.3. The van der Waals surface area contributed by atoms with Gasteiger partial charge in [0.2, 0.25) is 0 Å². The Hall–Kier alpha value is -5.53. The molecule has 1 aliphatic heterocycles. The number of pyridine rings is 2. The van der Waals surface area contributed by atoms with E-state index in [4.69, 9.17) is 0 Å². The molecule has 2 aliphatic rings. The number of likely N-dealkylation sites (N-methyl/N-ethyl adjacent to an activating group) is 1. The number of phenols is 1. The molecule has 0 radical (unpaired) electrons. The van der Waals surface area contributed by atoms with Crippen molar-refractivity contribution in [2.24, 2.45) is 5.92 Å². The number of phenolic OH excluding ortho intramolecular Hbond substituents is 1. The minimum absolute atomic E-state index is 0.00372. The van der Waals surface area contributed by atoms with Gasteiger partial charge in [-0.3, -0.25) is 19.1 Å². The van der Waals surface area contributed by atoms with Crippen LogP contribution < -0.4 is 11.2 Å². The number of hydrogen-bond acceptors (Lipinski definition) is 8. The lowest BCUT2D eigenvalue weighted by molar-refractivity contribution is 0.0938. The Morgan fingerprint density at radius 2 is 1.70 bits per heavy atom. The van der Waals surface area contributed by atoms with Gasteiger partial charge in [-0.25, -0.2) is 28.1 Å². The van der Waals surface area contributed by atoms with Crippen molar-refractivity contribution in [2.75, 3.05) is 33.2 Å². The van der Waals surface area contributed by atoms with Crippen LogP contribution in [0.15, 0.2) is 88.8 Å². The van der Waals surface area contributed by atoms with Crippen LogP contribution >= 0.6 is 0 Å². The number of ketones is 1. The van der Waals surface area contributed by atoms with Crippen LogP contribution in [0.1, 0.15) is 54.2 Å². The number of rotatable bonds is 8. The Morgan fingerprint density at radius 1 is 0.906 bits per heavy atom. The first-order valence-corrected chi connectivity index (χ1v) is 17.9. The SMILES string of the molecule is CN1CCN(Cc2cc(O)ccc2-c2cccc(-n3c(=O)n(C4CCC(CC(=O)c5cn6cc(F)ccc6n5)CC4)c(=O)c4cc(F)cnc43)c2)CC1. The summed E-state index contributed by atoms with van der Waals surface area (Å²) < 4.78 is 32.4. The summed E-state index contributed by atoms with van der Waals surface area (Å²) in [6.07, 6.45) is 6.18. The molecule has 1 saturated carbocycles. The summed E-state index contributed by atoms with van der Waals surface area (Å²) in [5.74, 6) is -1.08. The molecule has 0 bridgehead atoms. The molecule has 1 saturated heterocycles. The van der Waals surface area contributed by atoms with Crippen LogP contribution in [0.5, 0.6) is 5.75 Å². The number of nitrogens with zero attached hydrogens (tertiary/aromatic N) is 7. The maximum absolute atomic E-state index is 14.6. The minimum Gasteiger partial charge on any atom is -0.508 e. The summed E-state index contributed by atoms with van der Waals surface area (Å²) in [7, 11) is 2.10. The Bertz CT molecular complexity index is 2480. The first-order valence-electron chi connectivity index (χ1n) is 17.9. The molecule has 13 heteroatoms. The summed E-state index contributed by atoms with van der Waals surface area (Å²) in [6, 6.07) is 16.1. The van der Waals surface area contributed by atoms with Gasteiger partial charge >= 0.3 is 5.69 Å². The molecular formula is C40H39F2N7O4. The van der Waals surface area contributed by atoms with Crippen molar-refractivity contribution >= 4 is 22.5 Å². The van der Waals surface area contributed by atoms with E-state index in [-0.39, 0.29) is 40.6 Å². The van der Waals surface area contributed by atoms with Crippen LogP contribution in [0.3, 0.4) is 0 Å². The largest absolute Gasteiger partial charge is 0.508 e. The predicted octanol–water partition coefficient (Wildman–Crippen LogP) is 5.60. The number of imidazole rings is 1. The second-order valence-electron chi connectivity index (χ2n) is 14.3. The second-order valence-corrected chi connectivity index (χ2v) is 14.3. The van der Waals surface area contributed by atoms with Gasteiger partial charge in [0.05, 0.1) is 17.3 Å². The van der Waals surface area contributed by atoms with Gasteiger partial charge in [0, 0.05) is 57.6 Å². The van der Waals surface area contributed by atoms with Gasteiger partial charge < -0.3 is 14.4 Å². The molecule has 272 valence electrons. The zero-order valence-electron chi connectivity index (χ0n) is 29.3. The fourth-order valence-corrected chi connectivity index (χ4v) is 7.86. The van der Waals surface area contributed by atoms with Gasteiger partial charge in [-0.05, 0) is 97.8 Å². The Labute approximate surface area is 303 Å². The highest BCUT2D eigenvalue weighted by Crippen LogP contribution is 2.34. The van der Waals surface area contributed by atoms with Crippen molar-refractivity contribution in [3.8, 4) is 22.6 Å². The normalized spacial score (nSPS) is 18.5. The van der Waals surface area contributed by atoms with Crippen molar-refractivity contribution < 1.29 is 18.7 Å². The first-order chi connectivity index (χ1) is 25.6. The molecule has 53 heavy (non-hydrogen) atoms. The Balaban J connectivity index is 1.09. The summed E-state index contributed by atoms with van der Waals surface area (Å²) in [4.78, 5) is 54.7. The molecule has 6 aromatic rings. The van der Waals surface area contributed by atoms with E-state index < -0.39 is 28.9 Å². The van der Waals surface area contributed by atoms with Crippen LogP contribution in [-0.4, -0.2) is 77.4 Å². The number of fused-ring (bicyclic) bond motifs is 2. The van der Waals surface area contributed by atoms with Crippen molar-refractivity contribution in [2.45, 2.75) is 44.7 Å². The summed E-state index contributed by atoms with van der Waals surface area (Å²) in [5, 5.41) is 10.4. The number of hydrogen-bond donors (Lipinski definition) is 1. The summed E-state index contributed by atoms with van der Waals surface area (Å²) in [5.41, 5.74) is 2.76. The predicted molar refractivity (Wildman–Crippen MR) is 197 cm³/mol. The third-order valence-electron chi connectivity index (χ3n) is 10.7.